The SMILES string of the molecule is COC(=O)c1csc(C(O)CC(C(C)C)N(C)C(=O)C2=CCC(C)C=C2)n1. The lowest BCUT2D eigenvalue weighted by molar-refractivity contribution is -0.129. The summed E-state index contributed by atoms with van der Waals surface area (Å²) in [5.41, 5.74) is 0.881. The molecule has 0 saturated heterocycles. The molecule has 27 heavy (non-hydrogen) atoms. The molecule has 0 aromatic carbocycles. The highest BCUT2D eigenvalue weighted by molar-refractivity contribution is 7.09. The van der Waals surface area contributed by atoms with Crippen molar-refractivity contribution in [3.05, 3.63) is 39.9 Å². The molecule has 0 radical (unpaired) electrons. The van der Waals surface area contributed by atoms with E-state index in [4.69, 9.17) is 0 Å². The molecule has 1 aliphatic carbocycles. The number of aliphatic hydroxyl groups excluding tert-OH is 1. The molecule has 1 aromatic heterocycles. The maximum absolute atomic E-state index is 12.9. The Kier molecular flexibility index (Phi) is 7.33. The lowest BCUT2D eigenvalue weighted by Gasteiger charge is -2.33. The number of likely N-dealkylation sites (N-methyl/N-ethyl adjacent to an activating group) is 1. The molecular formula is C20H28N2O4S. The van der Waals surface area contributed by atoms with E-state index in [1.165, 1.54) is 18.4 Å². The summed E-state index contributed by atoms with van der Waals surface area (Å²) < 4.78 is 4.65. The van der Waals surface area contributed by atoms with Gasteiger partial charge in [-0.2, -0.15) is 0 Å². The monoisotopic (exact) mass is 392 g/mol. The number of hydrogen-bond acceptors (Lipinski definition) is 6. The Labute approximate surface area is 164 Å². The summed E-state index contributed by atoms with van der Waals surface area (Å²) in [6, 6.07) is -0.161. The summed E-state index contributed by atoms with van der Waals surface area (Å²) in [6.07, 6.45) is 6.25. The van der Waals surface area contributed by atoms with Gasteiger partial charge in [-0.1, -0.05) is 39.0 Å². The molecule has 2 rings (SSSR count). The fraction of sp³-hybridized carbons (Fsp3) is 0.550. The minimum absolute atomic E-state index is 0.0431. The minimum Gasteiger partial charge on any atom is -0.464 e. The molecule has 0 bridgehead atoms. The second-order valence-corrected chi connectivity index (χ2v) is 8.16. The quantitative estimate of drug-likeness (QED) is 0.720. The molecule has 1 heterocycles. The molecule has 0 aliphatic heterocycles. The Hall–Kier alpha value is -1.99. The fourth-order valence-electron chi connectivity index (χ4n) is 3.09. The van der Waals surface area contributed by atoms with Gasteiger partial charge in [-0.3, -0.25) is 4.79 Å². The Morgan fingerprint density at radius 1 is 1.44 bits per heavy atom. The first kappa shape index (κ1) is 21.3. The Morgan fingerprint density at radius 3 is 2.70 bits per heavy atom. The number of rotatable bonds is 7. The smallest absolute Gasteiger partial charge is 0.357 e. The molecule has 3 atom stereocenters. The predicted octanol–water partition coefficient (Wildman–Crippen LogP) is 3.36. The van der Waals surface area contributed by atoms with Crippen molar-refractivity contribution in [1.82, 2.24) is 9.88 Å². The molecule has 1 aromatic rings. The molecule has 1 N–H and O–H groups in total. The molecule has 1 aliphatic rings. The minimum atomic E-state index is -0.855. The zero-order valence-electron chi connectivity index (χ0n) is 16.5. The first-order valence-corrected chi connectivity index (χ1v) is 9.99. The molecule has 0 saturated carbocycles. The summed E-state index contributed by atoms with van der Waals surface area (Å²) in [5, 5.41) is 12.6. The molecular weight excluding hydrogens is 364 g/mol. The molecule has 0 spiro atoms. The number of methoxy groups -OCH3 is 1. The van der Waals surface area contributed by atoms with Crippen molar-refractivity contribution in [2.24, 2.45) is 11.8 Å². The van der Waals surface area contributed by atoms with Gasteiger partial charge in [-0.25, -0.2) is 9.78 Å². The molecule has 7 heteroatoms. The average Bonchev–Trinajstić information content (AvgIpc) is 3.14. The highest BCUT2D eigenvalue weighted by Gasteiger charge is 2.29. The van der Waals surface area contributed by atoms with Crippen LogP contribution in [0.1, 0.15) is 55.2 Å². The number of nitrogens with zero attached hydrogens (tertiary/aromatic N) is 2. The van der Waals surface area contributed by atoms with Crippen LogP contribution in [-0.4, -0.2) is 47.1 Å². The van der Waals surface area contributed by atoms with Crippen molar-refractivity contribution in [3.8, 4) is 0 Å². The van der Waals surface area contributed by atoms with Crippen LogP contribution in [0, 0.1) is 11.8 Å². The lowest BCUT2D eigenvalue weighted by Crippen LogP contribution is -2.42. The van der Waals surface area contributed by atoms with E-state index in [0.29, 0.717) is 22.9 Å². The Bertz CT molecular complexity index is 738. The molecule has 3 unspecified atom stereocenters. The van der Waals surface area contributed by atoms with Crippen LogP contribution in [0.3, 0.4) is 0 Å². The van der Waals surface area contributed by atoms with Crippen LogP contribution in [0.25, 0.3) is 0 Å². The third-order valence-corrected chi connectivity index (χ3v) is 5.76. The Morgan fingerprint density at radius 2 is 2.15 bits per heavy atom. The van der Waals surface area contributed by atoms with Crippen LogP contribution >= 0.6 is 11.3 Å². The van der Waals surface area contributed by atoms with Crippen molar-refractivity contribution < 1.29 is 19.4 Å². The van der Waals surface area contributed by atoms with Crippen LogP contribution in [0.2, 0.25) is 0 Å². The van der Waals surface area contributed by atoms with Crippen molar-refractivity contribution >= 4 is 23.2 Å². The van der Waals surface area contributed by atoms with Crippen molar-refractivity contribution in [2.45, 2.75) is 45.8 Å². The second kappa shape index (κ2) is 9.28. The normalized spacial score (nSPS) is 18.8. The van der Waals surface area contributed by atoms with Crippen LogP contribution in [-0.2, 0) is 9.53 Å². The van der Waals surface area contributed by atoms with Gasteiger partial charge in [-0.15, -0.1) is 11.3 Å². The number of thiazole rings is 1. The number of hydrogen-bond donors (Lipinski definition) is 1. The first-order valence-electron chi connectivity index (χ1n) is 9.11. The summed E-state index contributed by atoms with van der Waals surface area (Å²) in [5.74, 6) is 0.0327. The van der Waals surface area contributed by atoms with Crippen LogP contribution < -0.4 is 0 Å². The lowest BCUT2D eigenvalue weighted by atomic mass is 9.94. The van der Waals surface area contributed by atoms with Gasteiger partial charge in [0.15, 0.2) is 5.69 Å². The van der Waals surface area contributed by atoms with E-state index in [2.05, 4.69) is 16.6 Å². The first-order chi connectivity index (χ1) is 12.7. The highest BCUT2D eigenvalue weighted by atomic mass is 32.1. The van der Waals surface area contributed by atoms with Gasteiger partial charge in [0.05, 0.1) is 7.11 Å². The van der Waals surface area contributed by atoms with Gasteiger partial charge < -0.3 is 14.7 Å². The number of amides is 1. The number of aromatic nitrogens is 1. The fourth-order valence-corrected chi connectivity index (χ4v) is 3.87. The molecule has 1 amide bonds. The summed E-state index contributed by atoms with van der Waals surface area (Å²) >= 11 is 1.22. The zero-order chi connectivity index (χ0) is 20.1. The van der Waals surface area contributed by atoms with Crippen molar-refractivity contribution in [1.29, 1.82) is 0 Å². The number of carbonyl (C=O) groups excluding carboxylic acids is 2. The van der Waals surface area contributed by atoms with Gasteiger partial charge >= 0.3 is 5.97 Å². The average molecular weight is 393 g/mol. The number of ether oxygens (including phenoxy) is 1. The van der Waals surface area contributed by atoms with E-state index in [1.807, 2.05) is 32.1 Å². The number of aliphatic hydroxyl groups is 1. The van der Waals surface area contributed by atoms with Crippen molar-refractivity contribution in [2.75, 3.05) is 14.2 Å². The van der Waals surface area contributed by atoms with Gasteiger partial charge in [0, 0.05) is 30.5 Å². The predicted molar refractivity (Wildman–Crippen MR) is 105 cm³/mol. The van der Waals surface area contributed by atoms with Gasteiger partial charge in [0.1, 0.15) is 11.1 Å². The molecule has 148 valence electrons. The van der Waals surface area contributed by atoms with E-state index in [-0.39, 0.29) is 23.6 Å². The maximum Gasteiger partial charge on any atom is 0.357 e. The van der Waals surface area contributed by atoms with Crippen LogP contribution in [0.4, 0.5) is 0 Å². The highest BCUT2D eigenvalue weighted by Crippen LogP contribution is 2.28. The third kappa shape index (κ3) is 5.26. The molecule has 6 nitrogen and oxygen atoms in total. The van der Waals surface area contributed by atoms with E-state index in [0.717, 1.165) is 6.42 Å². The largest absolute Gasteiger partial charge is 0.464 e. The second-order valence-electron chi connectivity index (χ2n) is 7.27. The zero-order valence-corrected chi connectivity index (χ0v) is 17.3. The van der Waals surface area contributed by atoms with Crippen LogP contribution in [0.5, 0.6) is 0 Å². The summed E-state index contributed by atoms with van der Waals surface area (Å²) in [4.78, 5) is 30.3. The Balaban J connectivity index is 2.10. The van der Waals surface area contributed by atoms with E-state index >= 15 is 0 Å². The number of carbonyl (C=O) groups is 2. The van der Waals surface area contributed by atoms with Gasteiger partial charge in [-0.05, 0) is 18.3 Å². The number of esters is 1. The van der Waals surface area contributed by atoms with E-state index in [1.54, 1.807) is 17.3 Å². The van der Waals surface area contributed by atoms with E-state index in [9.17, 15) is 14.7 Å². The molecule has 0 fully saturated rings. The summed E-state index contributed by atoms with van der Waals surface area (Å²) in [6.45, 7) is 6.16. The topological polar surface area (TPSA) is 79.7 Å². The summed E-state index contributed by atoms with van der Waals surface area (Å²) in [7, 11) is 3.07. The standard InChI is InChI=1S/C20H28N2O4S/c1-12(2)16(22(4)19(24)14-8-6-13(3)7-9-14)10-17(23)18-21-15(11-27-18)20(25)26-5/h6,8-9,11-13,16-17,23H,7,10H2,1-5H3. The van der Waals surface area contributed by atoms with Crippen LogP contribution in [0.15, 0.2) is 29.2 Å². The third-order valence-electron chi connectivity index (χ3n) is 4.81. The van der Waals surface area contributed by atoms with Gasteiger partial charge in [0.2, 0.25) is 0 Å². The number of allylic oxidation sites excluding steroid dienone is 2. The van der Waals surface area contributed by atoms with Crippen molar-refractivity contribution in [3.63, 3.8) is 0 Å². The maximum atomic E-state index is 12.9. The van der Waals surface area contributed by atoms with Gasteiger partial charge in [0.25, 0.3) is 5.91 Å². The van der Waals surface area contributed by atoms with E-state index < -0.39 is 12.1 Å².